The Morgan fingerprint density at radius 2 is 2.00 bits per heavy atom. The van der Waals surface area contributed by atoms with E-state index in [1.165, 1.54) is 19.3 Å². The van der Waals surface area contributed by atoms with Gasteiger partial charge in [0.25, 0.3) is 0 Å². The number of hydrogen-bond acceptors (Lipinski definition) is 3. The van der Waals surface area contributed by atoms with Crippen LogP contribution in [0.4, 0.5) is 5.69 Å². The Labute approximate surface area is 96.0 Å². The van der Waals surface area contributed by atoms with E-state index in [9.17, 15) is 4.79 Å². The highest BCUT2D eigenvalue weighted by Crippen LogP contribution is 2.26. The Balaban J connectivity index is 2.24. The van der Waals surface area contributed by atoms with Crippen molar-refractivity contribution in [1.29, 1.82) is 0 Å². The number of anilines is 1. The van der Waals surface area contributed by atoms with Gasteiger partial charge in [-0.3, -0.25) is 4.79 Å². The minimum absolute atomic E-state index is 0.614. The molecule has 1 saturated heterocycles. The average molecular weight is 219 g/mol. The van der Waals surface area contributed by atoms with Crippen molar-refractivity contribution in [2.24, 2.45) is 0 Å². The number of carbonyl (C=O) groups excluding carboxylic acids is 1. The molecule has 0 unspecified atom stereocenters. The molecule has 16 heavy (non-hydrogen) atoms. The molecule has 0 aliphatic carbocycles. The van der Waals surface area contributed by atoms with E-state index in [-0.39, 0.29) is 0 Å². The Kier molecular flexibility index (Phi) is 3.44. The quantitative estimate of drug-likeness (QED) is 0.731. The minimum atomic E-state index is 0.614. The Bertz CT molecular complexity index is 370. The molecular formula is C13H17NO2. The van der Waals surface area contributed by atoms with E-state index >= 15 is 0 Å². The maximum atomic E-state index is 10.8. The number of ether oxygens (including phenoxy) is 1. The predicted molar refractivity (Wildman–Crippen MR) is 64.4 cm³/mol. The highest BCUT2D eigenvalue weighted by atomic mass is 16.5. The molecule has 1 aliphatic rings. The lowest BCUT2D eigenvalue weighted by Crippen LogP contribution is -2.29. The van der Waals surface area contributed by atoms with Crippen LogP contribution in [0.15, 0.2) is 18.2 Å². The normalized spacial score (nSPS) is 15.9. The van der Waals surface area contributed by atoms with Gasteiger partial charge in [0.15, 0.2) is 6.29 Å². The number of nitrogens with zero attached hydrogens (tertiary/aromatic N) is 1. The van der Waals surface area contributed by atoms with Gasteiger partial charge in [-0.1, -0.05) is 0 Å². The van der Waals surface area contributed by atoms with E-state index in [0.29, 0.717) is 11.3 Å². The van der Waals surface area contributed by atoms with Crippen molar-refractivity contribution in [3.8, 4) is 5.75 Å². The molecular weight excluding hydrogens is 202 g/mol. The van der Waals surface area contributed by atoms with Gasteiger partial charge in [-0.25, -0.2) is 0 Å². The van der Waals surface area contributed by atoms with Crippen LogP contribution in [-0.2, 0) is 0 Å². The lowest BCUT2D eigenvalue weighted by atomic mass is 10.1. The standard InChI is InChI=1S/C13H17NO2/c1-16-13-9-12(6-5-11(13)10-15)14-7-3-2-4-8-14/h5-6,9-10H,2-4,7-8H2,1H3. The van der Waals surface area contributed by atoms with Crippen molar-refractivity contribution in [2.45, 2.75) is 19.3 Å². The van der Waals surface area contributed by atoms with Gasteiger partial charge in [-0.2, -0.15) is 0 Å². The molecule has 0 atom stereocenters. The van der Waals surface area contributed by atoms with Crippen molar-refractivity contribution in [1.82, 2.24) is 0 Å². The Hall–Kier alpha value is -1.51. The Morgan fingerprint density at radius 1 is 1.25 bits per heavy atom. The van der Waals surface area contributed by atoms with Crippen LogP contribution < -0.4 is 9.64 Å². The van der Waals surface area contributed by atoms with Crippen molar-refractivity contribution < 1.29 is 9.53 Å². The number of carbonyl (C=O) groups is 1. The lowest BCUT2D eigenvalue weighted by molar-refractivity contribution is 0.112. The molecule has 0 aromatic heterocycles. The van der Waals surface area contributed by atoms with Crippen LogP contribution in [0.1, 0.15) is 29.6 Å². The molecule has 1 fully saturated rings. The smallest absolute Gasteiger partial charge is 0.153 e. The summed E-state index contributed by atoms with van der Waals surface area (Å²) < 4.78 is 5.21. The van der Waals surface area contributed by atoms with E-state index in [4.69, 9.17) is 4.74 Å². The summed E-state index contributed by atoms with van der Waals surface area (Å²) in [5, 5.41) is 0. The summed E-state index contributed by atoms with van der Waals surface area (Å²) in [5.74, 6) is 0.665. The first-order valence-electron chi connectivity index (χ1n) is 5.73. The maximum absolute atomic E-state index is 10.8. The van der Waals surface area contributed by atoms with Crippen LogP contribution in [-0.4, -0.2) is 26.5 Å². The highest BCUT2D eigenvalue weighted by Gasteiger charge is 2.12. The average Bonchev–Trinajstić information content (AvgIpc) is 2.39. The van der Waals surface area contributed by atoms with Crippen LogP contribution in [0.5, 0.6) is 5.75 Å². The third kappa shape index (κ3) is 2.18. The highest BCUT2D eigenvalue weighted by molar-refractivity contribution is 5.80. The minimum Gasteiger partial charge on any atom is -0.496 e. The van der Waals surface area contributed by atoms with Crippen LogP contribution >= 0.6 is 0 Å². The number of rotatable bonds is 3. The van der Waals surface area contributed by atoms with Gasteiger partial charge < -0.3 is 9.64 Å². The van der Waals surface area contributed by atoms with Crippen molar-refractivity contribution >= 4 is 12.0 Å². The van der Waals surface area contributed by atoms with Gasteiger partial charge >= 0.3 is 0 Å². The fourth-order valence-electron chi connectivity index (χ4n) is 2.15. The van der Waals surface area contributed by atoms with Gasteiger partial charge in [0.2, 0.25) is 0 Å². The number of hydrogen-bond donors (Lipinski definition) is 0. The third-order valence-electron chi connectivity index (χ3n) is 3.07. The van der Waals surface area contributed by atoms with E-state index in [1.54, 1.807) is 7.11 Å². The molecule has 1 heterocycles. The number of aldehydes is 1. The summed E-state index contributed by atoms with van der Waals surface area (Å²) in [6, 6.07) is 5.78. The van der Waals surface area contributed by atoms with Crippen LogP contribution in [0.3, 0.4) is 0 Å². The van der Waals surface area contributed by atoms with E-state index in [0.717, 1.165) is 25.1 Å². The summed E-state index contributed by atoms with van der Waals surface area (Å²) >= 11 is 0. The van der Waals surface area contributed by atoms with Crippen molar-refractivity contribution in [2.75, 3.05) is 25.1 Å². The van der Waals surface area contributed by atoms with E-state index in [2.05, 4.69) is 4.90 Å². The molecule has 86 valence electrons. The zero-order chi connectivity index (χ0) is 11.4. The molecule has 3 heteroatoms. The lowest BCUT2D eigenvalue weighted by Gasteiger charge is -2.29. The third-order valence-corrected chi connectivity index (χ3v) is 3.07. The van der Waals surface area contributed by atoms with Gasteiger partial charge in [0.1, 0.15) is 5.75 Å². The largest absolute Gasteiger partial charge is 0.496 e. The maximum Gasteiger partial charge on any atom is 0.153 e. The van der Waals surface area contributed by atoms with Gasteiger partial charge in [-0.05, 0) is 31.4 Å². The van der Waals surface area contributed by atoms with E-state index < -0.39 is 0 Å². The molecule has 1 aromatic carbocycles. The second-order valence-electron chi connectivity index (χ2n) is 4.09. The van der Waals surface area contributed by atoms with Crippen molar-refractivity contribution in [3.63, 3.8) is 0 Å². The molecule has 0 amide bonds. The first-order chi connectivity index (χ1) is 7.85. The SMILES string of the molecule is COc1cc(N2CCCCC2)ccc1C=O. The monoisotopic (exact) mass is 219 g/mol. The predicted octanol–water partition coefficient (Wildman–Crippen LogP) is 2.50. The van der Waals surface area contributed by atoms with Gasteiger partial charge in [0.05, 0.1) is 12.7 Å². The summed E-state index contributed by atoms with van der Waals surface area (Å²) in [6.45, 7) is 2.20. The molecule has 1 aliphatic heterocycles. The zero-order valence-corrected chi connectivity index (χ0v) is 9.61. The molecule has 0 N–H and O–H groups in total. The summed E-state index contributed by atoms with van der Waals surface area (Å²) in [4.78, 5) is 13.1. The topological polar surface area (TPSA) is 29.5 Å². The molecule has 0 spiro atoms. The first kappa shape index (κ1) is 11.0. The molecule has 2 rings (SSSR count). The second kappa shape index (κ2) is 5.01. The van der Waals surface area contributed by atoms with Crippen LogP contribution in [0, 0.1) is 0 Å². The number of methoxy groups -OCH3 is 1. The second-order valence-corrected chi connectivity index (χ2v) is 4.09. The number of piperidine rings is 1. The fourth-order valence-corrected chi connectivity index (χ4v) is 2.15. The number of benzene rings is 1. The van der Waals surface area contributed by atoms with Crippen molar-refractivity contribution in [3.05, 3.63) is 23.8 Å². The molecule has 1 aromatic rings. The summed E-state index contributed by atoms with van der Waals surface area (Å²) in [6.07, 6.45) is 4.65. The van der Waals surface area contributed by atoms with E-state index in [1.807, 2.05) is 18.2 Å². The van der Waals surface area contributed by atoms with Gasteiger partial charge in [-0.15, -0.1) is 0 Å². The van der Waals surface area contributed by atoms with Crippen LogP contribution in [0.2, 0.25) is 0 Å². The molecule has 0 saturated carbocycles. The molecule has 0 bridgehead atoms. The summed E-state index contributed by atoms with van der Waals surface area (Å²) in [5.41, 5.74) is 1.77. The molecule has 0 radical (unpaired) electrons. The molecule has 3 nitrogen and oxygen atoms in total. The zero-order valence-electron chi connectivity index (χ0n) is 9.61. The van der Waals surface area contributed by atoms with Crippen LogP contribution in [0.25, 0.3) is 0 Å². The van der Waals surface area contributed by atoms with Gasteiger partial charge in [0, 0.05) is 24.8 Å². The first-order valence-corrected chi connectivity index (χ1v) is 5.73. The fraction of sp³-hybridized carbons (Fsp3) is 0.462. The summed E-state index contributed by atoms with van der Waals surface area (Å²) in [7, 11) is 1.60. The Morgan fingerprint density at radius 3 is 2.62 bits per heavy atom.